The molecule has 0 aliphatic carbocycles. The van der Waals surface area contributed by atoms with E-state index in [0.29, 0.717) is 0 Å². The average molecular weight is 139 g/mol. The Balaban J connectivity index is 2.38. The lowest BCUT2D eigenvalue weighted by Gasteiger charge is -1.95. The Kier molecular flexibility index (Phi) is 2.30. The van der Waals surface area contributed by atoms with E-state index in [9.17, 15) is 4.79 Å². The summed E-state index contributed by atoms with van der Waals surface area (Å²) in [7, 11) is 0. The van der Waals surface area contributed by atoms with Crippen LogP contribution in [0.4, 0.5) is 0 Å². The highest BCUT2D eigenvalue weighted by molar-refractivity contribution is 5.91. The second kappa shape index (κ2) is 3.23. The highest BCUT2D eigenvalue weighted by Crippen LogP contribution is 2.09. The molecule has 0 aromatic rings. The molecule has 0 bridgehead atoms. The van der Waals surface area contributed by atoms with Crippen LogP contribution in [0.3, 0.4) is 0 Å². The lowest BCUT2D eigenvalue weighted by Crippen LogP contribution is -2.08. The van der Waals surface area contributed by atoms with Crippen molar-refractivity contribution in [2.24, 2.45) is 5.73 Å². The number of primary amides is 1. The van der Waals surface area contributed by atoms with Crippen molar-refractivity contribution in [1.29, 1.82) is 0 Å². The SMILES string of the molecule is NC(=O)C#CC1CCCO1. The molecule has 0 spiro atoms. The van der Waals surface area contributed by atoms with Crippen LogP contribution in [-0.2, 0) is 9.53 Å². The Hall–Kier alpha value is -1.01. The zero-order chi connectivity index (χ0) is 7.40. The van der Waals surface area contributed by atoms with E-state index in [4.69, 9.17) is 10.5 Å². The summed E-state index contributed by atoms with van der Waals surface area (Å²) in [6, 6.07) is 0. The second-order valence-electron chi connectivity index (χ2n) is 2.14. The van der Waals surface area contributed by atoms with Crippen LogP contribution in [0.2, 0.25) is 0 Å². The van der Waals surface area contributed by atoms with E-state index in [2.05, 4.69) is 11.8 Å². The molecule has 1 unspecified atom stereocenters. The Labute approximate surface area is 59.5 Å². The van der Waals surface area contributed by atoms with Crippen molar-refractivity contribution in [3.8, 4) is 11.8 Å². The molecule has 1 atom stereocenters. The lowest BCUT2D eigenvalue weighted by molar-refractivity contribution is -0.112. The van der Waals surface area contributed by atoms with Gasteiger partial charge in [-0.05, 0) is 18.8 Å². The van der Waals surface area contributed by atoms with Crippen molar-refractivity contribution in [2.45, 2.75) is 18.9 Å². The summed E-state index contributed by atoms with van der Waals surface area (Å²) in [6.45, 7) is 0.748. The maximum atomic E-state index is 10.1. The third-order valence-corrected chi connectivity index (χ3v) is 1.29. The minimum absolute atomic E-state index is 0.0625. The Bertz CT molecular complexity index is 184. The number of hydrogen-bond acceptors (Lipinski definition) is 2. The summed E-state index contributed by atoms with van der Waals surface area (Å²) in [6.07, 6.45) is 1.88. The van der Waals surface area contributed by atoms with Crippen LogP contribution in [-0.4, -0.2) is 18.6 Å². The fourth-order valence-electron chi connectivity index (χ4n) is 0.843. The van der Waals surface area contributed by atoms with Crippen molar-refractivity contribution >= 4 is 5.91 Å². The second-order valence-corrected chi connectivity index (χ2v) is 2.14. The molecule has 1 amide bonds. The van der Waals surface area contributed by atoms with Gasteiger partial charge in [-0.1, -0.05) is 5.92 Å². The van der Waals surface area contributed by atoms with Crippen molar-refractivity contribution in [1.82, 2.24) is 0 Å². The van der Waals surface area contributed by atoms with Crippen LogP contribution in [0.5, 0.6) is 0 Å². The number of hydrogen-bond donors (Lipinski definition) is 1. The highest BCUT2D eigenvalue weighted by Gasteiger charge is 2.11. The van der Waals surface area contributed by atoms with Gasteiger partial charge in [0.25, 0.3) is 5.91 Å². The molecule has 0 aromatic carbocycles. The van der Waals surface area contributed by atoms with Crippen LogP contribution in [0, 0.1) is 11.8 Å². The van der Waals surface area contributed by atoms with Crippen LogP contribution in [0.1, 0.15) is 12.8 Å². The molecular formula is C7H9NO2. The smallest absolute Gasteiger partial charge is 0.293 e. The van der Waals surface area contributed by atoms with E-state index in [-0.39, 0.29) is 6.10 Å². The molecule has 1 aliphatic heterocycles. The summed E-state index contributed by atoms with van der Waals surface area (Å²) in [4.78, 5) is 10.1. The van der Waals surface area contributed by atoms with Crippen molar-refractivity contribution < 1.29 is 9.53 Å². The Morgan fingerprint density at radius 2 is 2.50 bits per heavy atom. The summed E-state index contributed by atoms with van der Waals surface area (Å²) in [5, 5.41) is 0. The minimum atomic E-state index is -0.587. The molecule has 0 saturated carbocycles. The van der Waals surface area contributed by atoms with Gasteiger partial charge in [-0.25, -0.2) is 0 Å². The fourth-order valence-corrected chi connectivity index (χ4v) is 0.843. The molecule has 54 valence electrons. The van der Waals surface area contributed by atoms with Gasteiger partial charge >= 0.3 is 0 Å². The lowest BCUT2D eigenvalue weighted by atomic mass is 10.2. The van der Waals surface area contributed by atoms with E-state index >= 15 is 0 Å². The van der Waals surface area contributed by atoms with Gasteiger partial charge in [0.05, 0.1) is 0 Å². The number of rotatable bonds is 0. The van der Waals surface area contributed by atoms with Crippen molar-refractivity contribution in [2.75, 3.05) is 6.61 Å². The fraction of sp³-hybridized carbons (Fsp3) is 0.571. The number of carbonyl (C=O) groups is 1. The largest absolute Gasteiger partial charge is 0.366 e. The summed E-state index contributed by atoms with van der Waals surface area (Å²) >= 11 is 0. The molecule has 3 nitrogen and oxygen atoms in total. The van der Waals surface area contributed by atoms with Gasteiger partial charge in [-0.2, -0.15) is 0 Å². The molecule has 1 rings (SSSR count). The Morgan fingerprint density at radius 1 is 1.70 bits per heavy atom. The summed E-state index contributed by atoms with van der Waals surface area (Å²) in [5.41, 5.74) is 4.80. The normalized spacial score (nSPS) is 23.4. The molecule has 1 fully saturated rings. The van der Waals surface area contributed by atoms with Crippen LogP contribution < -0.4 is 5.73 Å². The number of ether oxygens (including phenoxy) is 1. The molecule has 3 heteroatoms. The zero-order valence-corrected chi connectivity index (χ0v) is 5.59. The first-order chi connectivity index (χ1) is 4.79. The average Bonchev–Trinajstić information content (AvgIpc) is 2.34. The van der Waals surface area contributed by atoms with Gasteiger partial charge in [0.1, 0.15) is 6.10 Å². The number of amides is 1. The number of nitrogens with two attached hydrogens (primary N) is 1. The van der Waals surface area contributed by atoms with Crippen molar-refractivity contribution in [3.63, 3.8) is 0 Å². The quantitative estimate of drug-likeness (QED) is 0.466. The summed E-state index contributed by atoms with van der Waals surface area (Å²) < 4.78 is 5.12. The van der Waals surface area contributed by atoms with Gasteiger partial charge in [0.2, 0.25) is 0 Å². The van der Waals surface area contributed by atoms with E-state index in [0.717, 1.165) is 19.4 Å². The van der Waals surface area contributed by atoms with Crippen molar-refractivity contribution in [3.05, 3.63) is 0 Å². The third kappa shape index (κ3) is 2.08. The van der Waals surface area contributed by atoms with Crippen LogP contribution >= 0.6 is 0 Å². The highest BCUT2D eigenvalue weighted by atomic mass is 16.5. The predicted molar refractivity (Wildman–Crippen MR) is 35.9 cm³/mol. The van der Waals surface area contributed by atoms with Gasteiger partial charge in [-0.3, -0.25) is 4.79 Å². The molecule has 2 N–H and O–H groups in total. The maximum Gasteiger partial charge on any atom is 0.293 e. The molecule has 1 heterocycles. The van der Waals surface area contributed by atoms with Crippen LogP contribution in [0.25, 0.3) is 0 Å². The van der Waals surface area contributed by atoms with Crippen LogP contribution in [0.15, 0.2) is 0 Å². The first kappa shape index (κ1) is 7.10. The molecule has 1 saturated heterocycles. The third-order valence-electron chi connectivity index (χ3n) is 1.29. The van der Waals surface area contributed by atoms with E-state index < -0.39 is 5.91 Å². The first-order valence-electron chi connectivity index (χ1n) is 3.21. The van der Waals surface area contributed by atoms with E-state index in [1.165, 1.54) is 0 Å². The molecule has 0 aromatic heterocycles. The topological polar surface area (TPSA) is 52.3 Å². The molecule has 0 radical (unpaired) electrons. The minimum Gasteiger partial charge on any atom is -0.366 e. The standard InChI is InChI=1S/C7H9NO2/c8-7(9)4-3-6-2-1-5-10-6/h6H,1-2,5H2,(H2,8,9). The van der Waals surface area contributed by atoms with Gasteiger partial charge in [0.15, 0.2) is 0 Å². The molecule has 10 heavy (non-hydrogen) atoms. The first-order valence-corrected chi connectivity index (χ1v) is 3.21. The molecular weight excluding hydrogens is 130 g/mol. The van der Waals surface area contributed by atoms with Gasteiger partial charge in [-0.15, -0.1) is 0 Å². The summed E-state index contributed by atoms with van der Waals surface area (Å²) in [5.74, 6) is 4.30. The van der Waals surface area contributed by atoms with E-state index in [1.807, 2.05) is 0 Å². The maximum absolute atomic E-state index is 10.1. The number of carbonyl (C=O) groups excluding carboxylic acids is 1. The Morgan fingerprint density at radius 3 is 3.00 bits per heavy atom. The molecule has 1 aliphatic rings. The van der Waals surface area contributed by atoms with Gasteiger partial charge < -0.3 is 10.5 Å². The predicted octanol–water partition coefficient (Wildman–Crippen LogP) is -0.346. The monoisotopic (exact) mass is 139 g/mol. The van der Waals surface area contributed by atoms with Gasteiger partial charge in [0, 0.05) is 6.61 Å². The van der Waals surface area contributed by atoms with E-state index in [1.54, 1.807) is 0 Å². The zero-order valence-electron chi connectivity index (χ0n) is 5.59.